The van der Waals surface area contributed by atoms with E-state index in [2.05, 4.69) is 5.32 Å². The number of nitrogens with zero attached hydrogens (tertiary/aromatic N) is 1. The van der Waals surface area contributed by atoms with Crippen molar-refractivity contribution in [3.63, 3.8) is 0 Å². The summed E-state index contributed by atoms with van der Waals surface area (Å²) in [5.74, 6) is -1.14. The lowest BCUT2D eigenvalue weighted by molar-refractivity contribution is -0.143. The van der Waals surface area contributed by atoms with Gasteiger partial charge in [-0.2, -0.15) is 0 Å². The second-order valence-corrected chi connectivity index (χ2v) is 6.08. The Labute approximate surface area is 113 Å². The Balaban J connectivity index is 2.45. The number of amides is 2. The van der Waals surface area contributed by atoms with Crippen molar-refractivity contribution >= 4 is 12.0 Å². The van der Waals surface area contributed by atoms with Crippen molar-refractivity contribution in [2.45, 2.75) is 39.2 Å². The summed E-state index contributed by atoms with van der Waals surface area (Å²) in [5.41, 5.74) is -0.813. The normalized spacial score (nSPS) is 24.1. The predicted molar refractivity (Wildman–Crippen MR) is 70.8 cm³/mol. The first kappa shape index (κ1) is 15.8. The Kier molecular flexibility index (Phi) is 5.17. The van der Waals surface area contributed by atoms with Crippen molar-refractivity contribution in [1.82, 2.24) is 10.2 Å². The van der Waals surface area contributed by atoms with Crippen LogP contribution in [-0.4, -0.2) is 52.3 Å². The minimum atomic E-state index is -0.846. The van der Waals surface area contributed by atoms with Gasteiger partial charge >= 0.3 is 12.0 Å². The SMILES string of the molecule is CC1CC(C(=O)O)CN(C(=O)NCCC(C)(C)O)C1. The van der Waals surface area contributed by atoms with Crippen molar-refractivity contribution < 1.29 is 19.8 Å². The van der Waals surface area contributed by atoms with Gasteiger partial charge in [0.1, 0.15) is 0 Å². The van der Waals surface area contributed by atoms with Crippen molar-refractivity contribution in [1.29, 1.82) is 0 Å². The maximum atomic E-state index is 11.9. The molecule has 0 aromatic carbocycles. The molecule has 2 atom stereocenters. The standard InChI is InChI=1S/C13H24N2O4/c1-9-6-10(11(16)17)8-15(7-9)12(18)14-5-4-13(2,3)19/h9-10,19H,4-8H2,1-3H3,(H,14,18)(H,16,17). The van der Waals surface area contributed by atoms with Gasteiger partial charge in [0.25, 0.3) is 0 Å². The van der Waals surface area contributed by atoms with Crippen molar-refractivity contribution in [2.75, 3.05) is 19.6 Å². The third kappa shape index (κ3) is 5.46. The van der Waals surface area contributed by atoms with E-state index in [0.717, 1.165) is 0 Å². The highest BCUT2D eigenvalue weighted by molar-refractivity contribution is 5.76. The summed E-state index contributed by atoms with van der Waals surface area (Å²) in [7, 11) is 0. The van der Waals surface area contributed by atoms with Gasteiger partial charge in [-0.3, -0.25) is 4.79 Å². The van der Waals surface area contributed by atoms with Gasteiger partial charge in [0.15, 0.2) is 0 Å². The highest BCUT2D eigenvalue weighted by atomic mass is 16.4. The number of likely N-dealkylation sites (tertiary alicyclic amines) is 1. The Morgan fingerprint density at radius 2 is 2.00 bits per heavy atom. The van der Waals surface area contributed by atoms with Crippen LogP contribution in [0.15, 0.2) is 0 Å². The molecule has 110 valence electrons. The van der Waals surface area contributed by atoms with Crippen LogP contribution in [0.1, 0.15) is 33.6 Å². The maximum absolute atomic E-state index is 11.9. The Morgan fingerprint density at radius 1 is 1.37 bits per heavy atom. The Bertz CT molecular complexity index is 338. The number of rotatable bonds is 4. The van der Waals surface area contributed by atoms with Crippen LogP contribution >= 0.6 is 0 Å². The molecule has 1 aliphatic heterocycles. The zero-order chi connectivity index (χ0) is 14.6. The summed E-state index contributed by atoms with van der Waals surface area (Å²) >= 11 is 0. The van der Waals surface area contributed by atoms with E-state index in [4.69, 9.17) is 5.11 Å². The molecule has 0 spiro atoms. The van der Waals surface area contributed by atoms with E-state index in [0.29, 0.717) is 25.9 Å². The number of carbonyl (C=O) groups excluding carboxylic acids is 1. The first-order valence-corrected chi connectivity index (χ1v) is 6.67. The summed E-state index contributed by atoms with van der Waals surface area (Å²) in [6.45, 7) is 6.54. The van der Waals surface area contributed by atoms with Crippen LogP contribution in [0.4, 0.5) is 4.79 Å². The molecule has 2 amide bonds. The molecule has 1 fully saturated rings. The van der Waals surface area contributed by atoms with Crippen LogP contribution in [0, 0.1) is 11.8 Å². The number of carboxylic acids is 1. The molecule has 2 unspecified atom stereocenters. The molecule has 0 aromatic rings. The van der Waals surface area contributed by atoms with Crippen LogP contribution in [0.25, 0.3) is 0 Å². The molecule has 1 saturated heterocycles. The molecule has 0 radical (unpaired) electrons. The number of urea groups is 1. The summed E-state index contributed by atoms with van der Waals surface area (Å²) < 4.78 is 0. The quantitative estimate of drug-likeness (QED) is 0.709. The molecule has 3 N–H and O–H groups in total. The van der Waals surface area contributed by atoms with Crippen LogP contribution in [0.2, 0.25) is 0 Å². The van der Waals surface area contributed by atoms with E-state index in [9.17, 15) is 14.7 Å². The molecule has 6 nitrogen and oxygen atoms in total. The zero-order valence-electron chi connectivity index (χ0n) is 11.8. The number of carboxylic acid groups (broad SMARTS) is 1. The predicted octanol–water partition coefficient (Wildman–Crippen LogP) is 0.900. The first-order valence-electron chi connectivity index (χ1n) is 6.67. The fraction of sp³-hybridized carbons (Fsp3) is 0.846. The molecule has 6 heteroatoms. The summed E-state index contributed by atoms with van der Waals surface area (Å²) in [6.07, 6.45) is 1.08. The van der Waals surface area contributed by atoms with E-state index in [-0.39, 0.29) is 18.5 Å². The highest BCUT2D eigenvalue weighted by Gasteiger charge is 2.31. The largest absolute Gasteiger partial charge is 0.481 e. The van der Waals surface area contributed by atoms with Gasteiger partial charge in [-0.25, -0.2) is 4.79 Å². The average molecular weight is 272 g/mol. The molecule has 0 bridgehead atoms. The van der Waals surface area contributed by atoms with E-state index in [1.54, 1.807) is 18.7 Å². The van der Waals surface area contributed by atoms with E-state index < -0.39 is 17.5 Å². The molecule has 19 heavy (non-hydrogen) atoms. The lowest BCUT2D eigenvalue weighted by atomic mass is 9.91. The highest BCUT2D eigenvalue weighted by Crippen LogP contribution is 2.21. The molecule has 0 aliphatic carbocycles. The minimum absolute atomic E-state index is 0.190. The number of nitrogens with one attached hydrogen (secondary N) is 1. The topological polar surface area (TPSA) is 89.9 Å². The number of aliphatic carboxylic acids is 1. The summed E-state index contributed by atoms with van der Waals surface area (Å²) in [4.78, 5) is 24.5. The molecule has 0 saturated carbocycles. The van der Waals surface area contributed by atoms with E-state index in [1.165, 1.54) is 0 Å². The lowest BCUT2D eigenvalue weighted by Gasteiger charge is -2.34. The number of hydrogen-bond acceptors (Lipinski definition) is 3. The lowest BCUT2D eigenvalue weighted by Crippen LogP contribution is -2.50. The molecular formula is C13H24N2O4. The average Bonchev–Trinajstić information content (AvgIpc) is 2.26. The molecule has 1 rings (SSSR count). The van der Waals surface area contributed by atoms with Gasteiger partial charge in [-0.1, -0.05) is 6.92 Å². The van der Waals surface area contributed by atoms with Crippen LogP contribution in [-0.2, 0) is 4.79 Å². The van der Waals surface area contributed by atoms with Crippen LogP contribution in [0.5, 0.6) is 0 Å². The smallest absolute Gasteiger partial charge is 0.317 e. The van der Waals surface area contributed by atoms with Gasteiger partial charge < -0.3 is 20.4 Å². The number of carbonyl (C=O) groups is 2. The van der Waals surface area contributed by atoms with E-state index in [1.807, 2.05) is 6.92 Å². The molecule has 1 aliphatic rings. The molecule has 0 aromatic heterocycles. The van der Waals surface area contributed by atoms with Crippen LogP contribution in [0.3, 0.4) is 0 Å². The Morgan fingerprint density at radius 3 is 2.53 bits per heavy atom. The second-order valence-electron chi connectivity index (χ2n) is 6.08. The number of piperidine rings is 1. The third-order valence-electron chi connectivity index (χ3n) is 3.31. The summed E-state index contributed by atoms with van der Waals surface area (Å²) in [6, 6.07) is -0.248. The number of hydrogen-bond donors (Lipinski definition) is 3. The zero-order valence-corrected chi connectivity index (χ0v) is 11.8. The van der Waals surface area contributed by atoms with Gasteiger partial charge in [0, 0.05) is 19.6 Å². The first-order chi connectivity index (χ1) is 8.69. The van der Waals surface area contributed by atoms with Crippen molar-refractivity contribution in [2.24, 2.45) is 11.8 Å². The minimum Gasteiger partial charge on any atom is -0.481 e. The molecule has 1 heterocycles. The van der Waals surface area contributed by atoms with Gasteiger partial charge in [0.2, 0.25) is 0 Å². The second kappa shape index (κ2) is 6.23. The fourth-order valence-corrected chi connectivity index (χ4v) is 2.28. The van der Waals surface area contributed by atoms with Gasteiger partial charge in [0.05, 0.1) is 11.5 Å². The fourth-order valence-electron chi connectivity index (χ4n) is 2.28. The number of aliphatic hydroxyl groups is 1. The Hall–Kier alpha value is -1.30. The maximum Gasteiger partial charge on any atom is 0.317 e. The summed E-state index contributed by atoms with van der Waals surface area (Å²) in [5, 5.41) is 21.3. The van der Waals surface area contributed by atoms with Gasteiger partial charge in [-0.15, -0.1) is 0 Å². The van der Waals surface area contributed by atoms with E-state index >= 15 is 0 Å². The van der Waals surface area contributed by atoms with Crippen LogP contribution < -0.4 is 5.32 Å². The van der Waals surface area contributed by atoms with Crippen molar-refractivity contribution in [3.8, 4) is 0 Å². The molecular weight excluding hydrogens is 248 g/mol. The monoisotopic (exact) mass is 272 g/mol. The van der Waals surface area contributed by atoms with Gasteiger partial charge in [-0.05, 0) is 32.6 Å². The van der Waals surface area contributed by atoms with Crippen molar-refractivity contribution in [3.05, 3.63) is 0 Å². The third-order valence-corrected chi connectivity index (χ3v) is 3.31.